The highest BCUT2D eigenvalue weighted by Gasteiger charge is 2.23. The maximum Gasteiger partial charge on any atom is 0.260 e. The summed E-state index contributed by atoms with van der Waals surface area (Å²) in [5, 5.41) is -0.0132. The molecule has 0 radical (unpaired) electrons. The lowest BCUT2D eigenvalue weighted by molar-refractivity contribution is -0.135. The Labute approximate surface area is 184 Å². The molecule has 0 unspecified atom stereocenters. The summed E-state index contributed by atoms with van der Waals surface area (Å²) >= 11 is 5.62. The van der Waals surface area contributed by atoms with Gasteiger partial charge in [-0.2, -0.15) is 0 Å². The van der Waals surface area contributed by atoms with Gasteiger partial charge in [-0.1, -0.05) is 17.7 Å². The van der Waals surface area contributed by atoms with Crippen LogP contribution in [0.2, 0.25) is 5.02 Å². The highest BCUT2D eigenvalue weighted by Crippen LogP contribution is 2.20. The molecular weight excluding hydrogens is 430 g/mol. The van der Waals surface area contributed by atoms with Crippen LogP contribution in [0.15, 0.2) is 36.4 Å². The largest absolute Gasteiger partial charge is 0.486 e. The van der Waals surface area contributed by atoms with E-state index >= 15 is 0 Å². The first-order valence-electron chi connectivity index (χ1n) is 9.80. The molecule has 3 rings (SSSR count). The lowest BCUT2D eigenvalue weighted by Gasteiger charge is -2.34. The molecule has 31 heavy (non-hydrogen) atoms. The molecule has 1 aliphatic heterocycles. The van der Waals surface area contributed by atoms with Crippen molar-refractivity contribution in [2.24, 2.45) is 0 Å². The highest BCUT2D eigenvalue weighted by atomic mass is 35.5. The van der Waals surface area contributed by atoms with Crippen LogP contribution in [0.1, 0.15) is 5.56 Å². The average molecular weight is 453 g/mol. The van der Waals surface area contributed by atoms with E-state index in [4.69, 9.17) is 21.1 Å². The van der Waals surface area contributed by atoms with Crippen LogP contribution in [-0.2, 0) is 9.59 Å². The van der Waals surface area contributed by atoms with Crippen LogP contribution in [-0.4, -0.2) is 67.4 Å². The number of Topliss-reactive ketones (excluding diaryl/α,β-unsaturated/α-hetero) is 1. The second-order valence-electron chi connectivity index (χ2n) is 7.26. The molecular formula is C22H23ClF2N2O4. The molecule has 0 N–H and O–H groups in total. The predicted molar refractivity (Wildman–Crippen MR) is 112 cm³/mol. The molecule has 9 heteroatoms. The van der Waals surface area contributed by atoms with Crippen molar-refractivity contribution in [1.29, 1.82) is 0 Å². The van der Waals surface area contributed by atoms with E-state index in [1.165, 1.54) is 18.2 Å². The van der Waals surface area contributed by atoms with E-state index in [2.05, 4.69) is 0 Å². The summed E-state index contributed by atoms with van der Waals surface area (Å²) in [7, 11) is 0. The number of hydrogen-bond donors (Lipinski definition) is 0. The Morgan fingerprint density at radius 1 is 0.935 bits per heavy atom. The van der Waals surface area contributed by atoms with Crippen LogP contribution < -0.4 is 9.47 Å². The molecule has 1 fully saturated rings. The Balaban J connectivity index is 1.37. The van der Waals surface area contributed by atoms with Crippen molar-refractivity contribution in [2.45, 2.75) is 6.92 Å². The third kappa shape index (κ3) is 6.63. The van der Waals surface area contributed by atoms with Crippen molar-refractivity contribution < 1.29 is 27.8 Å². The fraction of sp³-hybridized carbons (Fsp3) is 0.364. The third-order valence-electron chi connectivity index (χ3n) is 4.92. The Hall–Kier alpha value is -2.71. The van der Waals surface area contributed by atoms with Crippen molar-refractivity contribution in [3.8, 4) is 11.5 Å². The third-order valence-corrected chi connectivity index (χ3v) is 5.23. The number of nitrogens with zero attached hydrogens (tertiary/aromatic N) is 2. The van der Waals surface area contributed by atoms with Gasteiger partial charge in [0.15, 0.2) is 12.4 Å². The summed E-state index contributed by atoms with van der Waals surface area (Å²) in [6.45, 7) is 3.46. The summed E-state index contributed by atoms with van der Waals surface area (Å²) in [5.41, 5.74) is 0.511. The van der Waals surface area contributed by atoms with E-state index in [-0.39, 0.29) is 48.0 Å². The number of ketones is 1. The summed E-state index contributed by atoms with van der Waals surface area (Å²) in [6, 6.07) is 8.47. The second kappa shape index (κ2) is 10.5. The first-order valence-corrected chi connectivity index (χ1v) is 10.2. The summed E-state index contributed by atoms with van der Waals surface area (Å²) < 4.78 is 37.7. The van der Waals surface area contributed by atoms with Crippen molar-refractivity contribution in [2.75, 3.05) is 45.9 Å². The maximum atomic E-state index is 13.5. The molecule has 6 nitrogen and oxygen atoms in total. The molecule has 1 heterocycles. The standard InChI is InChI=1S/C22H23ClF2N2O4/c1-15-2-3-17(10-20(15)24)30-13-16(28)12-26-6-8-27(9-7-26)22(29)14-31-18-4-5-19(23)21(25)11-18/h2-5,10-11H,6-9,12-14H2,1H3. The number of hydrogen-bond acceptors (Lipinski definition) is 5. The van der Waals surface area contributed by atoms with Crippen molar-refractivity contribution in [3.05, 3.63) is 58.6 Å². The zero-order valence-corrected chi connectivity index (χ0v) is 17.8. The number of amides is 1. The van der Waals surface area contributed by atoms with Crippen molar-refractivity contribution >= 4 is 23.3 Å². The lowest BCUT2D eigenvalue weighted by atomic mass is 10.2. The van der Waals surface area contributed by atoms with Gasteiger partial charge in [0.2, 0.25) is 0 Å². The van der Waals surface area contributed by atoms with E-state index in [0.29, 0.717) is 37.5 Å². The molecule has 2 aromatic rings. The maximum absolute atomic E-state index is 13.5. The fourth-order valence-electron chi connectivity index (χ4n) is 3.08. The van der Waals surface area contributed by atoms with Gasteiger partial charge < -0.3 is 14.4 Å². The van der Waals surface area contributed by atoms with Crippen LogP contribution in [0.4, 0.5) is 8.78 Å². The van der Waals surface area contributed by atoms with Gasteiger partial charge in [0.25, 0.3) is 5.91 Å². The molecule has 0 aromatic heterocycles. The number of aryl methyl sites for hydroxylation is 1. The van der Waals surface area contributed by atoms with E-state index in [9.17, 15) is 18.4 Å². The van der Waals surface area contributed by atoms with Crippen molar-refractivity contribution in [1.82, 2.24) is 9.80 Å². The van der Waals surface area contributed by atoms with Gasteiger partial charge in [0, 0.05) is 38.3 Å². The number of rotatable bonds is 8. The van der Waals surface area contributed by atoms with E-state index in [0.717, 1.165) is 6.07 Å². The summed E-state index contributed by atoms with van der Waals surface area (Å²) in [4.78, 5) is 28.0. The highest BCUT2D eigenvalue weighted by molar-refractivity contribution is 6.30. The van der Waals surface area contributed by atoms with Crippen LogP contribution >= 0.6 is 11.6 Å². The Morgan fingerprint density at radius 2 is 1.55 bits per heavy atom. The first-order chi connectivity index (χ1) is 14.8. The molecule has 2 aromatic carbocycles. The Morgan fingerprint density at radius 3 is 2.19 bits per heavy atom. The van der Waals surface area contributed by atoms with Gasteiger partial charge in [0.1, 0.15) is 29.7 Å². The van der Waals surface area contributed by atoms with Gasteiger partial charge in [-0.3, -0.25) is 14.5 Å². The zero-order valence-electron chi connectivity index (χ0n) is 17.1. The van der Waals surface area contributed by atoms with Gasteiger partial charge in [-0.25, -0.2) is 8.78 Å². The SMILES string of the molecule is Cc1ccc(OCC(=O)CN2CCN(C(=O)COc3ccc(Cl)c(F)c3)CC2)cc1F. The van der Waals surface area contributed by atoms with Crippen LogP contribution in [0.25, 0.3) is 0 Å². The second-order valence-corrected chi connectivity index (χ2v) is 7.67. The molecule has 1 amide bonds. The predicted octanol–water partition coefficient (Wildman–Crippen LogP) is 3.10. The normalized spacial score (nSPS) is 14.4. The number of piperazine rings is 1. The molecule has 1 aliphatic rings. The van der Waals surface area contributed by atoms with Gasteiger partial charge >= 0.3 is 0 Å². The Bertz CT molecular complexity index is 949. The van der Waals surface area contributed by atoms with Gasteiger partial charge in [-0.05, 0) is 30.7 Å². The minimum absolute atomic E-state index is 0.0132. The fourth-order valence-corrected chi connectivity index (χ4v) is 3.20. The van der Waals surface area contributed by atoms with Crippen LogP contribution in [0.3, 0.4) is 0 Å². The minimum Gasteiger partial charge on any atom is -0.486 e. The summed E-state index contributed by atoms with van der Waals surface area (Å²) in [5.74, 6) is -0.794. The van der Waals surface area contributed by atoms with Crippen LogP contribution in [0, 0.1) is 18.6 Å². The smallest absolute Gasteiger partial charge is 0.260 e. The average Bonchev–Trinajstić information content (AvgIpc) is 2.75. The molecule has 0 aliphatic carbocycles. The topological polar surface area (TPSA) is 59.1 Å². The first kappa shape index (κ1) is 23.0. The minimum atomic E-state index is -0.610. The number of carbonyl (C=O) groups is 2. The molecule has 1 saturated heterocycles. The number of ether oxygens (including phenoxy) is 2. The molecule has 0 saturated carbocycles. The van der Waals surface area contributed by atoms with E-state index in [1.54, 1.807) is 24.0 Å². The lowest BCUT2D eigenvalue weighted by Crippen LogP contribution is -2.51. The van der Waals surface area contributed by atoms with E-state index in [1.807, 2.05) is 4.90 Å². The molecule has 0 bridgehead atoms. The van der Waals surface area contributed by atoms with E-state index < -0.39 is 5.82 Å². The van der Waals surface area contributed by atoms with Gasteiger partial charge in [-0.15, -0.1) is 0 Å². The number of benzene rings is 2. The molecule has 0 atom stereocenters. The van der Waals surface area contributed by atoms with Crippen LogP contribution in [0.5, 0.6) is 11.5 Å². The molecule has 0 spiro atoms. The molecule has 166 valence electrons. The zero-order chi connectivity index (χ0) is 22.4. The number of halogens is 3. The number of carbonyl (C=O) groups excluding carboxylic acids is 2. The summed E-state index contributed by atoms with van der Waals surface area (Å²) in [6.07, 6.45) is 0. The quantitative estimate of drug-likeness (QED) is 0.616. The van der Waals surface area contributed by atoms with Gasteiger partial charge in [0.05, 0.1) is 11.6 Å². The van der Waals surface area contributed by atoms with Crippen molar-refractivity contribution in [3.63, 3.8) is 0 Å². The Kier molecular flexibility index (Phi) is 7.81. The monoisotopic (exact) mass is 452 g/mol.